The van der Waals surface area contributed by atoms with Crippen LogP contribution in [0.5, 0.6) is 0 Å². The van der Waals surface area contributed by atoms with Gasteiger partial charge in [-0.1, -0.05) is 60.7 Å². The predicted molar refractivity (Wildman–Crippen MR) is 97.8 cm³/mol. The predicted octanol–water partition coefficient (Wildman–Crippen LogP) is 2.99. The van der Waals surface area contributed by atoms with Crippen molar-refractivity contribution in [3.8, 4) is 0 Å². The van der Waals surface area contributed by atoms with Gasteiger partial charge in [0.1, 0.15) is 12.9 Å². The molecule has 4 rings (SSSR count). The molecule has 6 nitrogen and oxygen atoms in total. The molecular formula is C20H20N4O2. The van der Waals surface area contributed by atoms with Gasteiger partial charge in [0.2, 0.25) is 5.95 Å². The first-order chi connectivity index (χ1) is 12.8. The van der Waals surface area contributed by atoms with E-state index in [1.54, 1.807) is 4.90 Å². The van der Waals surface area contributed by atoms with Crippen LogP contribution in [0.15, 0.2) is 67.0 Å². The number of benzene rings is 2. The van der Waals surface area contributed by atoms with Crippen LogP contribution >= 0.6 is 0 Å². The first-order valence-corrected chi connectivity index (χ1v) is 8.60. The van der Waals surface area contributed by atoms with Gasteiger partial charge in [-0.15, -0.1) is 0 Å². The van der Waals surface area contributed by atoms with Crippen LogP contribution in [-0.4, -0.2) is 34.4 Å². The zero-order valence-corrected chi connectivity index (χ0v) is 14.5. The van der Waals surface area contributed by atoms with Crippen molar-refractivity contribution in [1.82, 2.24) is 14.8 Å². The average molecular weight is 348 g/mol. The van der Waals surface area contributed by atoms with E-state index in [0.717, 1.165) is 17.5 Å². The van der Waals surface area contributed by atoms with E-state index >= 15 is 0 Å². The molecule has 2 aromatic carbocycles. The minimum Gasteiger partial charge on any atom is -0.375 e. The number of anilines is 1. The lowest BCUT2D eigenvalue weighted by molar-refractivity contribution is -0.123. The van der Waals surface area contributed by atoms with Gasteiger partial charge in [-0.3, -0.25) is 9.69 Å². The first kappa shape index (κ1) is 16.5. The van der Waals surface area contributed by atoms with Crippen LogP contribution in [-0.2, 0) is 9.53 Å². The summed E-state index contributed by atoms with van der Waals surface area (Å²) in [5, 5.41) is 4.41. The summed E-state index contributed by atoms with van der Waals surface area (Å²) in [6.07, 6.45) is 2.23. The van der Waals surface area contributed by atoms with Gasteiger partial charge in [0.05, 0.1) is 12.1 Å². The smallest absolute Gasteiger partial charge is 0.255 e. The molecule has 132 valence electrons. The van der Waals surface area contributed by atoms with E-state index in [1.165, 1.54) is 13.4 Å². The summed E-state index contributed by atoms with van der Waals surface area (Å²) < 4.78 is 6.93. The highest BCUT2D eigenvalue weighted by molar-refractivity contribution is 5.93. The normalized spacial score (nSPS) is 19.2. The highest BCUT2D eigenvalue weighted by Gasteiger charge is 2.39. The lowest BCUT2D eigenvalue weighted by Crippen LogP contribution is -2.44. The molecule has 0 radical (unpaired) electrons. The van der Waals surface area contributed by atoms with Crippen LogP contribution in [0.1, 0.15) is 29.6 Å². The Hall–Kier alpha value is -2.99. The standard InChI is InChI=1S/C20H20N4O2/c1-26-13-19(25)23-17(15-8-4-2-5-9-15)12-18(16-10-6-3-7-11-16)24-20(23)21-14-22-24/h2-11,14,17-18H,12-13H2,1H3. The van der Waals surface area contributed by atoms with Gasteiger partial charge >= 0.3 is 0 Å². The Kier molecular flexibility index (Phi) is 4.50. The van der Waals surface area contributed by atoms with Crippen molar-refractivity contribution in [3.05, 3.63) is 78.1 Å². The molecule has 0 aliphatic carbocycles. The molecule has 2 atom stereocenters. The van der Waals surface area contributed by atoms with Gasteiger partial charge in [0.15, 0.2) is 0 Å². The molecule has 6 heteroatoms. The van der Waals surface area contributed by atoms with E-state index in [4.69, 9.17) is 4.74 Å². The van der Waals surface area contributed by atoms with E-state index < -0.39 is 0 Å². The summed E-state index contributed by atoms with van der Waals surface area (Å²) in [5.74, 6) is 0.433. The Balaban J connectivity index is 1.82. The minimum absolute atomic E-state index is 0.00615. The molecule has 3 aromatic rings. The number of ether oxygens (including phenoxy) is 1. The molecule has 1 aliphatic rings. The third-order valence-electron chi connectivity index (χ3n) is 4.73. The van der Waals surface area contributed by atoms with Gasteiger partial charge in [-0.05, 0) is 17.5 Å². The largest absolute Gasteiger partial charge is 0.375 e. The number of rotatable bonds is 4. The van der Waals surface area contributed by atoms with Gasteiger partial charge in [-0.25, -0.2) is 4.68 Å². The number of nitrogens with zero attached hydrogens (tertiary/aromatic N) is 4. The van der Waals surface area contributed by atoms with Crippen molar-refractivity contribution >= 4 is 11.9 Å². The third-order valence-corrected chi connectivity index (χ3v) is 4.73. The second kappa shape index (κ2) is 7.09. The topological polar surface area (TPSA) is 60.2 Å². The Morgan fingerprint density at radius 1 is 1.04 bits per heavy atom. The molecule has 0 spiro atoms. The average Bonchev–Trinajstić information content (AvgIpc) is 3.18. The summed E-state index contributed by atoms with van der Waals surface area (Å²) >= 11 is 0. The third kappa shape index (κ3) is 2.88. The molecule has 0 bridgehead atoms. The van der Waals surface area contributed by atoms with E-state index in [0.29, 0.717) is 5.95 Å². The summed E-state index contributed by atoms with van der Waals surface area (Å²) in [6.45, 7) is 0.00615. The number of amides is 1. The van der Waals surface area contributed by atoms with E-state index in [2.05, 4.69) is 22.2 Å². The monoisotopic (exact) mass is 348 g/mol. The number of fused-ring (bicyclic) bond motifs is 1. The Labute approximate surface area is 152 Å². The van der Waals surface area contributed by atoms with Crippen molar-refractivity contribution in [3.63, 3.8) is 0 Å². The molecule has 26 heavy (non-hydrogen) atoms. The van der Waals surface area contributed by atoms with Crippen LogP contribution in [0.4, 0.5) is 5.95 Å². The fourth-order valence-corrected chi connectivity index (χ4v) is 3.58. The molecule has 0 saturated heterocycles. The summed E-state index contributed by atoms with van der Waals surface area (Å²) in [6, 6.07) is 20.2. The van der Waals surface area contributed by atoms with Crippen LogP contribution in [0.2, 0.25) is 0 Å². The number of carbonyl (C=O) groups is 1. The second-order valence-corrected chi connectivity index (χ2v) is 6.29. The van der Waals surface area contributed by atoms with Gasteiger partial charge in [0.25, 0.3) is 5.91 Å². The maximum atomic E-state index is 12.8. The van der Waals surface area contributed by atoms with Gasteiger partial charge in [0, 0.05) is 7.11 Å². The molecule has 1 aliphatic heterocycles. The zero-order valence-electron chi connectivity index (χ0n) is 14.5. The number of carbonyl (C=O) groups excluding carboxylic acids is 1. The lowest BCUT2D eigenvalue weighted by atomic mass is 9.92. The van der Waals surface area contributed by atoms with Crippen LogP contribution in [0.25, 0.3) is 0 Å². The minimum atomic E-state index is -0.124. The molecule has 2 heterocycles. The van der Waals surface area contributed by atoms with Gasteiger partial charge < -0.3 is 4.74 Å². The molecular weight excluding hydrogens is 328 g/mol. The summed E-state index contributed by atoms with van der Waals surface area (Å²) in [4.78, 5) is 18.9. The quantitative estimate of drug-likeness (QED) is 0.727. The SMILES string of the molecule is COCC(=O)N1c2ncnn2C(c2ccccc2)CC1c1ccccc1. The first-order valence-electron chi connectivity index (χ1n) is 8.60. The molecule has 0 fully saturated rings. The highest BCUT2D eigenvalue weighted by atomic mass is 16.5. The van der Waals surface area contributed by atoms with E-state index in [-0.39, 0.29) is 24.6 Å². The number of methoxy groups -OCH3 is 1. The van der Waals surface area contributed by atoms with Crippen LogP contribution in [0.3, 0.4) is 0 Å². The van der Waals surface area contributed by atoms with E-state index in [9.17, 15) is 4.79 Å². The zero-order chi connectivity index (χ0) is 17.9. The molecule has 1 amide bonds. The molecule has 1 aromatic heterocycles. The highest BCUT2D eigenvalue weighted by Crippen LogP contribution is 2.41. The van der Waals surface area contributed by atoms with E-state index in [1.807, 2.05) is 53.2 Å². The van der Waals surface area contributed by atoms with Crippen molar-refractivity contribution in [2.24, 2.45) is 0 Å². The molecule has 0 saturated carbocycles. The Morgan fingerprint density at radius 2 is 1.65 bits per heavy atom. The van der Waals surface area contributed by atoms with Crippen molar-refractivity contribution in [2.75, 3.05) is 18.6 Å². The van der Waals surface area contributed by atoms with Crippen molar-refractivity contribution < 1.29 is 9.53 Å². The second-order valence-electron chi connectivity index (χ2n) is 6.29. The van der Waals surface area contributed by atoms with Crippen LogP contribution in [0, 0.1) is 0 Å². The fourth-order valence-electron chi connectivity index (χ4n) is 3.58. The van der Waals surface area contributed by atoms with Gasteiger partial charge in [-0.2, -0.15) is 10.1 Å². The number of hydrogen-bond acceptors (Lipinski definition) is 4. The van der Waals surface area contributed by atoms with Crippen molar-refractivity contribution in [1.29, 1.82) is 0 Å². The Morgan fingerprint density at radius 3 is 2.27 bits per heavy atom. The molecule has 0 N–H and O–H groups in total. The summed E-state index contributed by atoms with van der Waals surface area (Å²) in [7, 11) is 1.52. The number of hydrogen-bond donors (Lipinski definition) is 0. The van der Waals surface area contributed by atoms with Crippen LogP contribution < -0.4 is 4.90 Å². The summed E-state index contributed by atoms with van der Waals surface area (Å²) in [5.41, 5.74) is 2.23. The maximum absolute atomic E-state index is 12.8. The maximum Gasteiger partial charge on any atom is 0.255 e. The lowest BCUT2D eigenvalue weighted by Gasteiger charge is -2.39. The number of aromatic nitrogens is 3. The Bertz CT molecular complexity index is 879. The fraction of sp³-hybridized carbons (Fsp3) is 0.250. The van der Waals surface area contributed by atoms with Crippen molar-refractivity contribution in [2.45, 2.75) is 18.5 Å². The molecule has 2 unspecified atom stereocenters.